The van der Waals surface area contributed by atoms with Crippen molar-refractivity contribution >= 4 is 23.4 Å². The zero-order chi connectivity index (χ0) is 22.1. The number of hydroxylamine groups is 2. The lowest BCUT2D eigenvalue weighted by Crippen LogP contribution is -2.39. The summed E-state index contributed by atoms with van der Waals surface area (Å²) in [6.07, 6.45) is 4.24. The Balaban J connectivity index is 1.29. The van der Waals surface area contributed by atoms with Crippen molar-refractivity contribution in [3.8, 4) is 0 Å². The van der Waals surface area contributed by atoms with Gasteiger partial charge < -0.3 is 25.0 Å². The smallest absolute Gasteiger partial charge is 0.233 e. The molecule has 12 nitrogen and oxygen atoms in total. The van der Waals surface area contributed by atoms with Gasteiger partial charge in [-0.05, 0) is 19.3 Å². The molecule has 1 saturated carbocycles. The van der Waals surface area contributed by atoms with Crippen molar-refractivity contribution in [3.05, 3.63) is 12.7 Å². The summed E-state index contributed by atoms with van der Waals surface area (Å²) in [7, 11) is 0. The van der Waals surface area contributed by atoms with Crippen molar-refractivity contribution < 1.29 is 29.3 Å². The lowest BCUT2D eigenvalue weighted by Gasteiger charge is -2.25. The van der Waals surface area contributed by atoms with Gasteiger partial charge in [0.2, 0.25) is 6.41 Å². The van der Waals surface area contributed by atoms with Crippen molar-refractivity contribution in [2.24, 2.45) is 0 Å². The number of imidazole rings is 1. The Morgan fingerprint density at radius 1 is 1.22 bits per heavy atom. The third-order valence-electron chi connectivity index (χ3n) is 6.42. The molecule has 3 N–H and O–H groups in total. The molecular formula is C20H28N6O6. The fraction of sp³-hybridized carbons (Fsp3) is 0.700. The molecule has 4 heterocycles. The van der Waals surface area contributed by atoms with Gasteiger partial charge in [0, 0.05) is 6.61 Å². The largest absolute Gasteiger partial charge is 0.387 e. The summed E-state index contributed by atoms with van der Waals surface area (Å²) in [4.78, 5) is 30.0. The summed E-state index contributed by atoms with van der Waals surface area (Å²) >= 11 is 0. The molecule has 0 bridgehead atoms. The van der Waals surface area contributed by atoms with E-state index < -0.39 is 24.5 Å². The normalized spacial score (nSPS) is 30.9. The van der Waals surface area contributed by atoms with E-state index in [1.165, 1.54) is 17.7 Å². The number of nitrogens with zero attached hydrogens (tertiary/aromatic N) is 5. The monoisotopic (exact) mass is 448 g/mol. The molecule has 12 heteroatoms. The molecule has 1 aliphatic carbocycles. The molecule has 1 amide bonds. The maximum atomic E-state index is 11.4. The number of carbonyl (C=O) groups is 1. The lowest BCUT2D eigenvalue weighted by molar-refractivity contribution is -0.204. The number of aliphatic hydroxyl groups is 2. The van der Waals surface area contributed by atoms with Gasteiger partial charge in [-0.25, -0.2) is 20.0 Å². The van der Waals surface area contributed by atoms with E-state index in [0.29, 0.717) is 36.6 Å². The average Bonchev–Trinajstić information content (AvgIpc) is 3.60. The van der Waals surface area contributed by atoms with Crippen LogP contribution in [0.3, 0.4) is 0 Å². The number of aliphatic hydroxyl groups excluding tert-OH is 2. The second kappa shape index (κ2) is 9.24. The highest BCUT2D eigenvalue weighted by Gasteiger charge is 2.45. The third-order valence-corrected chi connectivity index (χ3v) is 6.42. The van der Waals surface area contributed by atoms with Crippen LogP contribution in [0.2, 0.25) is 0 Å². The summed E-state index contributed by atoms with van der Waals surface area (Å²) in [6.45, 7) is 1.25. The molecule has 32 heavy (non-hydrogen) atoms. The first-order valence-electron chi connectivity index (χ1n) is 11.1. The molecule has 2 aliphatic heterocycles. The van der Waals surface area contributed by atoms with Crippen molar-refractivity contribution in [1.82, 2.24) is 24.6 Å². The van der Waals surface area contributed by atoms with E-state index in [2.05, 4.69) is 20.3 Å². The van der Waals surface area contributed by atoms with Crippen LogP contribution in [0.15, 0.2) is 12.7 Å². The molecule has 5 atom stereocenters. The van der Waals surface area contributed by atoms with Crippen LogP contribution >= 0.6 is 0 Å². The lowest BCUT2D eigenvalue weighted by atomic mass is 10.1. The fourth-order valence-corrected chi connectivity index (χ4v) is 4.62. The van der Waals surface area contributed by atoms with Crippen molar-refractivity contribution in [2.45, 2.75) is 68.7 Å². The Bertz CT molecular complexity index is 930. The number of carbonyl (C=O) groups excluding carboxylic acids is 1. The second-order valence-electron chi connectivity index (χ2n) is 8.50. The maximum Gasteiger partial charge on any atom is 0.233 e. The molecule has 0 unspecified atom stereocenters. The van der Waals surface area contributed by atoms with Crippen LogP contribution in [0.4, 0.5) is 5.82 Å². The van der Waals surface area contributed by atoms with Crippen molar-refractivity contribution in [3.63, 3.8) is 0 Å². The predicted molar refractivity (Wildman–Crippen MR) is 110 cm³/mol. The molecular weight excluding hydrogens is 420 g/mol. The van der Waals surface area contributed by atoms with E-state index in [-0.39, 0.29) is 18.7 Å². The zero-order valence-electron chi connectivity index (χ0n) is 17.6. The number of nitrogens with one attached hydrogen (secondary N) is 1. The molecule has 2 aromatic heterocycles. The summed E-state index contributed by atoms with van der Waals surface area (Å²) in [5, 5.41) is 25.8. The minimum Gasteiger partial charge on any atom is -0.387 e. The van der Waals surface area contributed by atoms with Crippen LogP contribution in [-0.4, -0.2) is 91.4 Å². The number of anilines is 1. The van der Waals surface area contributed by atoms with Gasteiger partial charge in [0.05, 0.1) is 25.0 Å². The van der Waals surface area contributed by atoms with Gasteiger partial charge in [0.15, 0.2) is 23.2 Å². The van der Waals surface area contributed by atoms with Crippen molar-refractivity contribution in [2.75, 3.05) is 25.1 Å². The Labute approximate surface area is 184 Å². The first-order valence-corrected chi connectivity index (χ1v) is 11.1. The molecule has 2 aromatic rings. The van der Waals surface area contributed by atoms with Gasteiger partial charge >= 0.3 is 0 Å². The number of amides is 1. The van der Waals surface area contributed by atoms with Crippen LogP contribution in [0.5, 0.6) is 0 Å². The highest BCUT2D eigenvalue weighted by atomic mass is 16.7. The third kappa shape index (κ3) is 4.04. The molecule has 2 saturated heterocycles. The predicted octanol–water partition coefficient (Wildman–Crippen LogP) is -0.0211. The number of rotatable bonds is 8. The summed E-state index contributed by atoms with van der Waals surface area (Å²) in [5.74, 6) is 0.579. The van der Waals surface area contributed by atoms with Crippen LogP contribution in [-0.2, 0) is 19.1 Å². The van der Waals surface area contributed by atoms with E-state index >= 15 is 0 Å². The highest BCUT2D eigenvalue weighted by molar-refractivity contribution is 5.82. The van der Waals surface area contributed by atoms with Crippen LogP contribution in [0, 0.1) is 0 Å². The number of aromatic nitrogens is 4. The standard InChI is InChI=1S/C20H28N6O6/c27-11-26(13-3-1-2-4-13)31-8-14-16(28)17(29)20(32-14)25-10-23-15-18(21-9-22-19(15)25)24-12-5-6-30-7-12/h9-14,16-17,20,28-29H,1-8H2,(H,21,22,24)/t12-,14-,16-,17-,20-/m1/s1. The summed E-state index contributed by atoms with van der Waals surface area (Å²) in [6, 6.07) is 0.188. The van der Waals surface area contributed by atoms with Crippen LogP contribution in [0.25, 0.3) is 11.2 Å². The number of hydrogen-bond donors (Lipinski definition) is 3. The van der Waals surface area contributed by atoms with E-state index in [1.807, 2.05) is 0 Å². The van der Waals surface area contributed by atoms with Gasteiger partial charge in [0.25, 0.3) is 0 Å². The van der Waals surface area contributed by atoms with E-state index in [4.69, 9.17) is 14.3 Å². The SMILES string of the molecule is O=CN(OC[C@H]1O[C@@H](n2cnc3c(N[C@@H]4CCOC4)ncnc32)[C@H](O)[C@@H]1O)C1CCCC1. The van der Waals surface area contributed by atoms with Crippen LogP contribution in [0.1, 0.15) is 38.3 Å². The summed E-state index contributed by atoms with van der Waals surface area (Å²) < 4.78 is 12.9. The van der Waals surface area contributed by atoms with E-state index in [0.717, 1.165) is 32.1 Å². The number of hydrogen-bond acceptors (Lipinski definition) is 10. The van der Waals surface area contributed by atoms with Gasteiger partial charge in [-0.1, -0.05) is 12.8 Å². The van der Waals surface area contributed by atoms with Gasteiger partial charge in [-0.15, -0.1) is 0 Å². The molecule has 174 valence electrons. The Hall–Kier alpha value is -2.38. The second-order valence-corrected chi connectivity index (χ2v) is 8.50. The van der Waals surface area contributed by atoms with Crippen LogP contribution < -0.4 is 5.32 Å². The minimum absolute atomic E-state index is 0.0391. The first-order chi connectivity index (χ1) is 15.7. The fourth-order valence-electron chi connectivity index (χ4n) is 4.62. The molecule has 3 aliphatic rings. The van der Waals surface area contributed by atoms with Gasteiger partial charge in [-0.3, -0.25) is 14.2 Å². The van der Waals surface area contributed by atoms with E-state index in [9.17, 15) is 15.0 Å². The van der Waals surface area contributed by atoms with Gasteiger partial charge in [-0.2, -0.15) is 0 Å². The molecule has 0 aromatic carbocycles. The molecule has 5 rings (SSSR count). The first kappa shape index (κ1) is 21.5. The molecule has 0 radical (unpaired) electrons. The topological polar surface area (TPSA) is 144 Å². The maximum absolute atomic E-state index is 11.4. The number of ether oxygens (including phenoxy) is 2. The molecule has 3 fully saturated rings. The minimum atomic E-state index is -1.22. The molecule has 0 spiro atoms. The van der Waals surface area contributed by atoms with Gasteiger partial charge in [0.1, 0.15) is 31.2 Å². The Morgan fingerprint density at radius 3 is 2.81 bits per heavy atom. The highest BCUT2D eigenvalue weighted by Crippen LogP contribution is 2.33. The summed E-state index contributed by atoms with van der Waals surface area (Å²) in [5.41, 5.74) is 1.01. The van der Waals surface area contributed by atoms with E-state index in [1.54, 1.807) is 4.57 Å². The Kier molecular flexibility index (Phi) is 6.20. The number of fused-ring (bicyclic) bond motifs is 1. The Morgan fingerprint density at radius 2 is 2.06 bits per heavy atom. The average molecular weight is 448 g/mol. The zero-order valence-corrected chi connectivity index (χ0v) is 17.6. The van der Waals surface area contributed by atoms with Crippen molar-refractivity contribution in [1.29, 1.82) is 0 Å². The quantitative estimate of drug-likeness (QED) is 0.372.